The molecule has 22 heavy (non-hydrogen) atoms. The van der Waals surface area contributed by atoms with E-state index >= 15 is 0 Å². The number of alkyl halides is 2. The number of nitrogens with zero attached hydrogens (tertiary/aromatic N) is 1. The van der Waals surface area contributed by atoms with E-state index in [0.29, 0.717) is 12.1 Å². The van der Waals surface area contributed by atoms with Crippen molar-refractivity contribution >= 4 is 11.6 Å². The number of anilines is 1. The highest BCUT2D eigenvalue weighted by Crippen LogP contribution is 2.30. The van der Waals surface area contributed by atoms with Gasteiger partial charge in [0.25, 0.3) is 5.91 Å². The number of carbonyl (C=O) groups is 1. The van der Waals surface area contributed by atoms with Crippen LogP contribution in [0, 0.1) is 6.92 Å². The summed E-state index contributed by atoms with van der Waals surface area (Å²) in [4.78, 5) is 14.1. The van der Waals surface area contributed by atoms with E-state index in [9.17, 15) is 13.6 Å². The van der Waals surface area contributed by atoms with Crippen LogP contribution in [0.3, 0.4) is 0 Å². The van der Waals surface area contributed by atoms with Gasteiger partial charge in [0.15, 0.2) is 0 Å². The number of benzene rings is 1. The molecule has 0 unspecified atom stereocenters. The Balaban J connectivity index is 2.29. The third kappa shape index (κ3) is 3.42. The van der Waals surface area contributed by atoms with Crippen molar-refractivity contribution in [3.63, 3.8) is 0 Å². The molecule has 3 nitrogen and oxygen atoms in total. The normalized spacial score (nSPS) is 18.6. The van der Waals surface area contributed by atoms with Crippen molar-refractivity contribution in [1.82, 2.24) is 0 Å². The van der Waals surface area contributed by atoms with Crippen LogP contribution < -0.4 is 4.90 Å². The van der Waals surface area contributed by atoms with Crippen LogP contribution in [0.1, 0.15) is 12.5 Å². The Morgan fingerprint density at radius 3 is 2.55 bits per heavy atom. The van der Waals surface area contributed by atoms with E-state index in [1.165, 1.54) is 6.08 Å². The summed E-state index contributed by atoms with van der Waals surface area (Å²) >= 11 is 0. The van der Waals surface area contributed by atoms with Crippen molar-refractivity contribution in [1.29, 1.82) is 0 Å². The van der Waals surface area contributed by atoms with Crippen LogP contribution in [0.15, 0.2) is 59.9 Å². The van der Waals surface area contributed by atoms with Crippen LogP contribution in [0.2, 0.25) is 0 Å². The summed E-state index contributed by atoms with van der Waals surface area (Å²) in [5.74, 6) is -0.487. The van der Waals surface area contributed by atoms with Gasteiger partial charge in [0, 0.05) is 11.3 Å². The molecule has 1 fully saturated rings. The number of allylic oxidation sites excluding steroid dienone is 2. The number of ether oxygens (including phenoxy) is 1. The number of hydrogen-bond acceptors (Lipinski definition) is 2. The van der Waals surface area contributed by atoms with Crippen molar-refractivity contribution in [3.05, 3.63) is 65.5 Å². The van der Waals surface area contributed by atoms with E-state index in [4.69, 9.17) is 0 Å². The Labute approximate surface area is 128 Å². The third-order valence-corrected chi connectivity index (χ3v) is 3.39. The molecule has 1 heterocycles. The van der Waals surface area contributed by atoms with Crippen LogP contribution in [-0.4, -0.2) is 19.1 Å². The van der Waals surface area contributed by atoms with Gasteiger partial charge >= 0.3 is 6.61 Å². The van der Waals surface area contributed by atoms with E-state index in [1.54, 1.807) is 17.9 Å². The summed E-state index contributed by atoms with van der Waals surface area (Å²) in [5.41, 5.74) is 2.94. The van der Waals surface area contributed by atoms with Crippen molar-refractivity contribution in [2.45, 2.75) is 20.5 Å². The van der Waals surface area contributed by atoms with Gasteiger partial charge in [-0.1, -0.05) is 30.4 Å². The second kappa shape index (κ2) is 6.56. The minimum atomic E-state index is -2.96. The van der Waals surface area contributed by atoms with Gasteiger partial charge < -0.3 is 9.64 Å². The Bertz CT molecular complexity index is 645. The van der Waals surface area contributed by atoms with Gasteiger partial charge in [-0.3, -0.25) is 4.79 Å². The highest BCUT2D eigenvalue weighted by molar-refractivity contribution is 6.12. The fraction of sp³-hybridized carbons (Fsp3) is 0.235. The predicted octanol–water partition coefficient (Wildman–Crippen LogP) is 3.97. The zero-order valence-corrected chi connectivity index (χ0v) is 12.5. The lowest BCUT2D eigenvalue weighted by atomic mass is 10.1. The molecule has 2 rings (SSSR count). The molecule has 0 bridgehead atoms. The minimum Gasteiger partial charge on any atom is -0.435 e. The molecule has 116 valence electrons. The smallest absolute Gasteiger partial charge is 0.387 e. The molecule has 1 saturated heterocycles. The highest BCUT2D eigenvalue weighted by atomic mass is 19.3. The molecule has 1 aromatic rings. The quantitative estimate of drug-likeness (QED) is 0.622. The van der Waals surface area contributed by atoms with Crippen LogP contribution in [0.4, 0.5) is 14.5 Å². The maximum Gasteiger partial charge on any atom is 0.387 e. The number of amides is 1. The van der Waals surface area contributed by atoms with Crippen molar-refractivity contribution < 1.29 is 18.3 Å². The van der Waals surface area contributed by atoms with Gasteiger partial charge in [0.2, 0.25) is 0 Å². The zero-order chi connectivity index (χ0) is 16.3. The average molecular weight is 305 g/mol. The summed E-state index contributed by atoms with van der Waals surface area (Å²) < 4.78 is 28.6. The Hall–Kier alpha value is -2.43. The number of halogens is 2. The fourth-order valence-electron chi connectivity index (χ4n) is 2.25. The molecule has 0 spiro atoms. The number of carbonyl (C=O) groups excluding carboxylic acids is 1. The molecular weight excluding hydrogens is 288 g/mol. The third-order valence-electron chi connectivity index (χ3n) is 3.39. The average Bonchev–Trinajstić information content (AvgIpc) is 2.76. The molecule has 0 aromatic heterocycles. The van der Waals surface area contributed by atoms with Crippen LogP contribution in [-0.2, 0) is 9.53 Å². The summed E-state index contributed by atoms with van der Waals surface area (Å²) in [6.45, 7) is 4.59. The number of aryl methyl sites for hydroxylation is 1. The van der Waals surface area contributed by atoms with Gasteiger partial charge in [0.05, 0.1) is 6.54 Å². The molecule has 0 aliphatic carbocycles. The molecule has 0 radical (unpaired) electrons. The molecule has 0 N–H and O–H groups in total. The molecule has 0 atom stereocenters. The first-order valence-electron chi connectivity index (χ1n) is 6.82. The predicted molar refractivity (Wildman–Crippen MR) is 81.6 cm³/mol. The van der Waals surface area contributed by atoms with Gasteiger partial charge in [-0.05, 0) is 37.6 Å². The molecule has 1 amide bonds. The van der Waals surface area contributed by atoms with Gasteiger partial charge in [-0.25, -0.2) is 0 Å². The van der Waals surface area contributed by atoms with Gasteiger partial charge in [-0.15, -0.1) is 0 Å². The largest absolute Gasteiger partial charge is 0.435 e. The highest BCUT2D eigenvalue weighted by Gasteiger charge is 2.31. The van der Waals surface area contributed by atoms with Crippen LogP contribution in [0.5, 0.6) is 0 Å². The van der Waals surface area contributed by atoms with E-state index in [1.807, 2.05) is 31.2 Å². The topological polar surface area (TPSA) is 29.5 Å². The lowest BCUT2D eigenvalue weighted by molar-refractivity contribution is -0.114. The zero-order valence-electron chi connectivity index (χ0n) is 12.5. The monoisotopic (exact) mass is 305 g/mol. The number of rotatable bonds is 4. The maximum absolute atomic E-state index is 12.5. The van der Waals surface area contributed by atoms with Gasteiger partial charge in [-0.2, -0.15) is 8.78 Å². The minimum absolute atomic E-state index is 0.233. The Kier molecular flexibility index (Phi) is 4.75. The first-order chi connectivity index (χ1) is 10.4. The van der Waals surface area contributed by atoms with E-state index in [2.05, 4.69) is 11.3 Å². The molecule has 1 aliphatic heterocycles. The summed E-state index contributed by atoms with van der Waals surface area (Å²) in [7, 11) is 0. The van der Waals surface area contributed by atoms with E-state index in [0.717, 1.165) is 16.8 Å². The van der Waals surface area contributed by atoms with Crippen molar-refractivity contribution in [2.24, 2.45) is 0 Å². The lowest BCUT2D eigenvalue weighted by Crippen LogP contribution is -2.24. The second-order valence-corrected chi connectivity index (χ2v) is 4.94. The van der Waals surface area contributed by atoms with Crippen molar-refractivity contribution in [3.8, 4) is 0 Å². The Morgan fingerprint density at radius 1 is 1.36 bits per heavy atom. The van der Waals surface area contributed by atoms with E-state index < -0.39 is 6.61 Å². The molecule has 0 saturated carbocycles. The standard InChI is InChI=1S/C17H17F2NO2/c1-4-13-10-20(14-7-5-11(2)6-8-14)16(21)15(13)9-12(3)22-17(18)19/h4-9,17H,3,10H2,1-2H3/b13-4-,15-9+. The Morgan fingerprint density at radius 2 is 2.00 bits per heavy atom. The second-order valence-electron chi connectivity index (χ2n) is 4.94. The fourth-order valence-corrected chi connectivity index (χ4v) is 2.25. The molecule has 1 aliphatic rings. The first kappa shape index (κ1) is 15.9. The SMILES string of the molecule is C=C(/C=C1/C(=O)N(c2ccc(C)cc2)C/C1=C/C)OC(F)F. The van der Waals surface area contributed by atoms with Crippen LogP contribution in [0.25, 0.3) is 0 Å². The summed E-state index contributed by atoms with van der Waals surface area (Å²) in [5, 5.41) is 0. The summed E-state index contributed by atoms with van der Waals surface area (Å²) in [6.07, 6.45) is 3.05. The first-order valence-corrected chi connectivity index (χ1v) is 6.82. The number of hydrogen-bond donors (Lipinski definition) is 0. The molecule has 1 aromatic carbocycles. The lowest BCUT2D eigenvalue weighted by Gasteiger charge is -2.15. The summed E-state index contributed by atoms with van der Waals surface area (Å²) in [6, 6.07) is 7.54. The van der Waals surface area contributed by atoms with Crippen LogP contribution >= 0.6 is 0 Å². The molecular formula is C17H17F2NO2. The van der Waals surface area contributed by atoms with Gasteiger partial charge in [0.1, 0.15) is 5.76 Å². The van der Waals surface area contributed by atoms with E-state index in [-0.39, 0.29) is 11.7 Å². The maximum atomic E-state index is 12.5. The van der Waals surface area contributed by atoms with Crippen molar-refractivity contribution in [2.75, 3.05) is 11.4 Å². The molecule has 5 heteroatoms.